The summed E-state index contributed by atoms with van der Waals surface area (Å²) in [7, 11) is 0. The lowest BCUT2D eigenvalue weighted by molar-refractivity contribution is -0.122. The number of carbonyl (C=O) groups is 1. The van der Waals surface area contributed by atoms with Gasteiger partial charge in [-0.05, 0) is 19.8 Å². The number of nitrogens with zero attached hydrogens (tertiary/aromatic N) is 2. The Kier molecular flexibility index (Phi) is 3.55. The number of halogens is 2. The molecule has 1 aromatic rings. The van der Waals surface area contributed by atoms with E-state index in [1.807, 2.05) is 6.92 Å². The Balaban J connectivity index is 2.33. The predicted octanol–water partition coefficient (Wildman–Crippen LogP) is 1.03. The average molecular weight is 270 g/mol. The van der Waals surface area contributed by atoms with Crippen molar-refractivity contribution in [2.24, 2.45) is 11.7 Å². The first-order valence-electron chi connectivity index (χ1n) is 6.07. The van der Waals surface area contributed by atoms with Gasteiger partial charge in [-0.1, -0.05) is 0 Å². The minimum Gasteiger partial charge on any atom is -0.381 e. The zero-order chi connectivity index (χ0) is 14.2. The lowest BCUT2D eigenvalue weighted by atomic mass is 9.93. The molecule has 2 atom stereocenters. The van der Waals surface area contributed by atoms with Gasteiger partial charge in [-0.15, -0.1) is 0 Å². The van der Waals surface area contributed by atoms with Crippen LogP contribution in [0.25, 0.3) is 0 Å². The number of pyridine rings is 1. The minimum atomic E-state index is -0.891. The third-order valence-corrected chi connectivity index (χ3v) is 3.49. The predicted molar refractivity (Wildman–Crippen MR) is 67.3 cm³/mol. The van der Waals surface area contributed by atoms with Crippen molar-refractivity contribution in [2.75, 3.05) is 17.2 Å². The maximum atomic E-state index is 13.8. The molecule has 2 unspecified atom stereocenters. The molecule has 0 aromatic carbocycles. The molecule has 1 amide bonds. The van der Waals surface area contributed by atoms with Gasteiger partial charge < -0.3 is 16.4 Å². The van der Waals surface area contributed by atoms with Gasteiger partial charge in [-0.2, -0.15) is 0 Å². The van der Waals surface area contributed by atoms with Crippen molar-refractivity contribution in [1.29, 1.82) is 0 Å². The number of aromatic nitrogens is 1. The zero-order valence-corrected chi connectivity index (χ0v) is 10.6. The van der Waals surface area contributed by atoms with Gasteiger partial charge in [0.15, 0.2) is 23.3 Å². The Morgan fingerprint density at radius 3 is 2.74 bits per heavy atom. The van der Waals surface area contributed by atoms with E-state index in [0.29, 0.717) is 18.9 Å². The number of hydrogen-bond acceptors (Lipinski definition) is 4. The molecule has 7 heteroatoms. The van der Waals surface area contributed by atoms with E-state index in [0.717, 1.165) is 0 Å². The molecule has 0 spiro atoms. The van der Waals surface area contributed by atoms with Crippen LogP contribution in [0.1, 0.15) is 19.8 Å². The van der Waals surface area contributed by atoms with Gasteiger partial charge in [0.25, 0.3) is 0 Å². The number of anilines is 2. The molecule has 5 nitrogen and oxygen atoms in total. The summed E-state index contributed by atoms with van der Waals surface area (Å²) in [5.41, 5.74) is 10.6. The van der Waals surface area contributed by atoms with Crippen LogP contribution in [0.15, 0.2) is 6.07 Å². The van der Waals surface area contributed by atoms with Crippen LogP contribution in [-0.2, 0) is 4.79 Å². The van der Waals surface area contributed by atoms with Crippen LogP contribution in [-0.4, -0.2) is 23.5 Å². The Morgan fingerprint density at radius 2 is 2.11 bits per heavy atom. The van der Waals surface area contributed by atoms with Gasteiger partial charge in [0.05, 0.1) is 5.92 Å². The second-order valence-electron chi connectivity index (χ2n) is 4.84. The number of nitrogens with two attached hydrogens (primary N) is 2. The summed E-state index contributed by atoms with van der Waals surface area (Å²) >= 11 is 0. The van der Waals surface area contributed by atoms with E-state index in [1.54, 1.807) is 4.90 Å². The Bertz CT molecular complexity index is 509. The topological polar surface area (TPSA) is 85.2 Å². The fourth-order valence-corrected chi connectivity index (χ4v) is 2.31. The molecule has 2 heterocycles. The van der Waals surface area contributed by atoms with Crippen molar-refractivity contribution in [2.45, 2.75) is 25.8 Å². The van der Waals surface area contributed by atoms with E-state index in [2.05, 4.69) is 4.98 Å². The zero-order valence-electron chi connectivity index (χ0n) is 10.6. The van der Waals surface area contributed by atoms with Crippen LogP contribution in [0.3, 0.4) is 0 Å². The third-order valence-electron chi connectivity index (χ3n) is 3.49. The Labute approximate surface area is 109 Å². The summed E-state index contributed by atoms with van der Waals surface area (Å²) in [6, 6.07) is 0.695. The van der Waals surface area contributed by atoms with Crippen molar-refractivity contribution in [3.8, 4) is 0 Å². The van der Waals surface area contributed by atoms with E-state index in [-0.39, 0.29) is 30.1 Å². The molecular formula is C12H16F2N4O. The first-order chi connectivity index (χ1) is 8.90. The molecule has 0 radical (unpaired) electrons. The molecule has 104 valence electrons. The summed E-state index contributed by atoms with van der Waals surface area (Å²) in [5.74, 6) is -2.85. The minimum absolute atomic E-state index is 0.0116. The summed E-state index contributed by atoms with van der Waals surface area (Å²) in [4.78, 5) is 16.6. The van der Waals surface area contributed by atoms with E-state index < -0.39 is 17.5 Å². The fourth-order valence-electron chi connectivity index (χ4n) is 2.31. The first-order valence-corrected chi connectivity index (χ1v) is 6.07. The van der Waals surface area contributed by atoms with E-state index in [1.165, 1.54) is 0 Å². The maximum Gasteiger partial charge on any atom is 0.222 e. The highest BCUT2D eigenvalue weighted by Gasteiger charge is 2.31. The number of rotatable bonds is 2. The average Bonchev–Trinajstić information content (AvgIpc) is 2.34. The van der Waals surface area contributed by atoms with Crippen molar-refractivity contribution < 1.29 is 13.6 Å². The fraction of sp³-hybridized carbons (Fsp3) is 0.500. The maximum absolute atomic E-state index is 13.8. The molecule has 2 rings (SSSR count). The second-order valence-corrected chi connectivity index (χ2v) is 4.84. The monoisotopic (exact) mass is 270 g/mol. The number of amides is 1. The normalized spacial score (nSPS) is 23.4. The van der Waals surface area contributed by atoms with Crippen LogP contribution in [0, 0.1) is 17.6 Å². The molecule has 1 saturated heterocycles. The van der Waals surface area contributed by atoms with Gasteiger partial charge in [-0.25, -0.2) is 13.8 Å². The molecule has 19 heavy (non-hydrogen) atoms. The SMILES string of the molecule is CC1CCC(C(N)=O)CN1c1nc(N)c(F)cc1F. The van der Waals surface area contributed by atoms with Crippen LogP contribution in [0.4, 0.5) is 20.4 Å². The number of nitrogen functional groups attached to an aromatic ring is 1. The summed E-state index contributed by atoms with van der Waals surface area (Å²) in [6.45, 7) is 2.16. The van der Waals surface area contributed by atoms with Crippen LogP contribution >= 0.6 is 0 Å². The largest absolute Gasteiger partial charge is 0.381 e. The smallest absolute Gasteiger partial charge is 0.222 e. The number of primary amides is 1. The van der Waals surface area contributed by atoms with E-state index >= 15 is 0 Å². The molecule has 4 N–H and O–H groups in total. The van der Waals surface area contributed by atoms with Gasteiger partial charge in [0, 0.05) is 18.7 Å². The van der Waals surface area contributed by atoms with Crippen molar-refractivity contribution in [1.82, 2.24) is 4.98 Å². The quantitative estimate of drug-likeness (QED) is 0.840. The van der Waals surface area contributed by atoms with Gasteiger partial charge in [0.2, 0.25) is 5.91 Å². The van der Waals surface area contributed by atoms with Gasteiger partial charge in [0.1, 0.15) is 0 Å². The first kappa shape index (κ1) is 13.5. The van der Waals surface area contributed by atoms with E-state index in [9.17, 15) is 13.6 Å². The molecule has 1 aliphatic rings. The van der Waals surface area contributed by atoms with Crippen LogP contribution in [0.2, 0.25) is 0 Å². The lowest BCUT2D eigenvalue weighted by Crippen LogP contribution is -2.46. The molecule has 0 aliphatic carbocycles. The van der Waals surface area contributed by atoms with Gasteiger partial charge in [-0.3, -0.25) is 4.79 Å². The molecule has 1 aliphatic heterocycles. The Hall–Kier alpha value is -1.92. The summed E-state index contributed by atoms with van der Waals surface area (Å²) in [6.07, 6.45) is 1.34. The molecule has 1 fully saturated rings. The van der Waals surface area contributed by atoms with Crippen molar-refractivity contribution >= 4 is 17.5 Å². The van der Waals surface area contributed by atoms with E-state index in [4.69, 9.17) is 11.5 Å². The lowest BCUT2D eigenvalue weighted by Gasteiger charge is -2.37. The molecule has 0 bridgehead atoms. The summed E-state index contributed by atoms with van der Waals surface area (Å²) < 4.78 is 26.9. The molecular weight excluding hydrogens is 254 g/mol. The highest BCUT2D eigenvalue weighted by atomic mass is 19.1. The Morgan fingerprint density at radius 1 is 1.42 bits per heavy atom. The summed E-state index contributed by atoms with van der Waals surface area (Å²) in [5, 5.41) is 0. The van der Waals surface area contributed by atoms with Crippen LogP contribution in [0.5, 0.6) is 0 Å². The standard InChI is InChI=1S/C12H16F2N4O/c1-6-2-3-7(11(16)19)5-18(6)12-9(14)4-8(13)10(15)17-12/h4,6-7H,2-3,5H2,1H3,(H2,15,17)(H2,16,19). The van der Waals surface area contributed by atoms with Crippen molar-refractivity contribution in [3.63, 3.8) is 0 Å². The number of hydrogen-bond donors (Lipinski definition) is 2. The highest BCUT2D eigenvalue weighted by Crippen LogP contribution is 2.29. The highest BCUT2D eigenvalue weighted by molar-refractivity contribution is 5.77. The molecule has 1 aromatic heterocycles. The van der Waals surface area contributed by atoms with Gasteiger partial charge >= 0.3 is 0 Å². The molecule has 0 saturated carbocycles. The van der Waals surface area contributed by atoms with Crippen molar-refractivity contribution in [3.05, 3.63) is 17.7 Å². The third kappa shape index (κ3) is 2.59. The number of carbonyl (C=O) groups excluding carboxylic acids is 1. The second kappa shape index (κ2) is 4.99. The number of piperidine rings is 1. The van der Waals surface area contributed by atoms with Crippen LogP contribution < -0.4 is 16.4 Å².